The number of nitrogens with one attached hydrogen (secondary N) is 1. The lowest BCUT2D eigenvalue weighted by Crippen LogP contribution is -2.14. The van der Waals surface area contributed by atoms with Gasteiger partial charge in [-0.3, -0.25) is 4.79 Å². The minimum atomic E-state index is -1.02. The molecule has 0 fully saturated rings. The van der Waals surface area contributed by atoms with Crippen LogP contribution in [-0.4, -0.2) is 38.3 Å². The number of fused-ring (bicyclic) bond motifs is 2. The summed E-state index contributed by atoms with van der Waals surface area (Å²) in [5.41, 5.74) is 2.76. The minimum Gasteiger partial charge on any atom is -0.490 e. The summed E-state index contributed by atoms with van der Waals surface area (Å²) >= 11 is 4.89. The zero-order valence-corrected chi connectivity index (χ0v) is 22.8. The summed E-state index contributed by atoms with van der Waals surface area (Å²) in [7, 11) is 0. The molecular weight excluding hydrogens is 573 g/mol. The van der Waals surface area contributed by atoms with Crippen molar-refractivity contribution in [1.82, 2.24) is 19.3 Å². The third kappa shape index (κ3) is 5.27. The van der Waals surface area contributed by atoms with Crippen molar-refractivity contribution in [2.24, 2.45) is 0 Å². The first kappa shape index (κ1) is 26.9. The Morgan fingerprint density at radius 3 is 2.71 bits per heavy atom. The number of rotatable bonds is 8. The number of ether oxygens (including phenoxy) is 2. The number of aromatic nitrogens is 4. The number of carbonyl (C=O) groups excluding carboxylic acids is 1. The molecule has 0 radical (unpaired) electrons. The number of allylic oxidation sites excluding steroid dienone is 3. The Labute approximate surface area is 230 Å². The third-order valence-electron chi connectivity index (χ3n) is 5.39. The summed E-state index contributed by atoms with van der Waals surface area (Å²) in [6, 6.07) is 8.85. The van der Waals surface area contributed by atoms with Gasteiger partial charge in [-0.25, -0.2) is 0 Å². The Kier molecular flexibility index (Phi) is 8.45. The van der Waals surface area contributed by atoms with E-state index in [1.54, 1.807) is 18.2 Å². The van der Waals surface area contributed by atoms with Crippen molar-refractivity contribution < 1.29 is 18.7 Å². The molecule has 0 aliphatic heterocycles. The molecule has 0 saturated carbocycles. The number of carbonyl (C=O) groups is 1. The van der Waals surface area contributed by atoms with E-state index in [2.05, 4.69) is 53.4 Å². The number of halogens is 2. The molecule has 0 unspecified atom stereocenters. The largest absolute Gasteiger partial charge is 0.490 e. The fourth-order valence-electron chi connectivity index (χ4n) is 3.89. The SMILES string of the molecule is C#C.C/C=C\C(=C/C)OCCOc1nc(F)nc(Nc2ccc(Br)c3c2C(=O)c2cccc4snc-3c24)n1. The van der Waals surface area contributed by atoms with Gasteiger partial charge < -0.3 is 14.8 Å². The minimum absolute atomic E-state index is 0.0962. The smallest absolute Gasteiger partial charge is 0.323 e. The van der Waals surface area contributed by atoms with Crippen molar-refractivity contribution in [1.29, 1.82) is 0 Å². The zero-order valence-electron chi connectivity index (χ0n) is 20.4. The number of benzene rings is 2. The normalized spacial score (nSPS) is 12.2. The molecule has 192 valence electrons. The van der Waals surface area contributed by atoms with Gasteiger partial charge in [-0.1, -0.05) is 34.1 Å². The number of hydrogen-bond acceptors (Lipinski definition) is 9. The Morgan fingerprint density at radius 2 is 1.95 bits per heavy atom. The van der Waals surface area contributed by atoms with Gasteiger partial charge in [0.15, 0.2) is 5.78 Å². The maximum Gasteiger partial charge on any atom is 0.323 e. The summed E-state index contributed by atoms with van der Waals surface area (Å²) < 4.78 is 31.5. The topological polar surface area (TPSA) is 99.1 Å². The molecule has 38 heavy (non-hydrogen) atoms. The number of ketones is 1. The average molecular weight is 594 g/mol. The van der Waals surface area contributed by atoms with E-state index in [1.165, 1.54) is 11.5 Å². The molecule has 0 saturated heterocycles. The van der Waals surface area contributed by atoms with Crippen molar-refractivity contribution in [2.75, 3.05) is 18.5 Å². The predicted octanol–water partition coefficient (Wildman–Crippen LogP) is 6.46. The van der Waals surface area contributed by atoms with Crippen LogP contribution < -0.4 is 10.1 Å². The third-order valence-corrected chi connectivity index (χ3v) is 6.87. The lowest BCUT2D eigenvalue weighted by atomic mass is 9.86. The van der Waals surface area contributed by atoms with Crippen LogP contribution in [0.4, 0.5) is 16.0 Å². The summed E-state index contributed by atoms with van der Waals surface area (Å²) in [6.45, 7) is 4.06. The van der Waals surface area contributed by atoms with Crippen LogP contribution in [0, 0.1) is 18.9 Å². The molecule has 0 bridgehead atoms. The second-order valence-corrected chi connectivity index (χ2v) is 9.27. The van der Waals surface area contributed by atoms with Crippen molar-refractivity contribution in [3.8, 4) is 30.1 Å². The van der Waals surface area contributed by atoms with E-state index in [-0.39, 0.29) is 31.0 Å². The van der Waals surface area contributed by atoms with Crippen molar-refractivity contribution in [3.05, 3.63) is 76.0 Å². The highest BCUT2D eigenvalue weighted by molar-refractivity contribution is 9.10. The highest BCUT2D eigenvalue weighted by Crippen LogP contribution is 2.46. The van der Waals surface area contributed by atoms with Gasteiger partial charge in [-0.2, -0.15) is 18.7 Å². The Morgan fingerprint density at radius 1 is 1.13 bits per heavy atom. The summed E-state index contributed by atoms with van der Waals surface area (Å²) in [5.74, 6) is 0.422. The molecule has 8 nitrogen and oxygen atoms in total. The highest BCUT2D eigenvalue weighted by Gasteiger charge is 2.31. The number of anilines is 2. The molecule has 2 aromatic carbocycles. The van der Waals surface area contributed by atoms with Gasteiger partial charge in [0, 0.05) is 21.0 Å². The van der Waals surface area contributed by atoms with E-state index in [9.17, 15) is 9.18 Å². The molecule has 11 heteroatoms. The van der Waals surface area contributed by atoms with Crippen molar-refractivity contribution >= 4 is 55.0 Å². The van der Waals surface area contributed by atoms with Gasteiger partial charge in [-0.15, -0.1) is 17.8 Å². The first-order valence-corrected chi connectivity index (χ1v) is 12.9. The molecule has 1 aliphatic rings. The summed E-state index contributed by atoms with van der Waals surface area (Å²) in [6.07, 6.45) is 12.5. The molecule has 0 atom stereocenters. The Hall–Kier alpha value is -4.14. The van der Waals surface area contributed by atoms with Gasteiger partial charge >= 0.3 is 12.1 Å². The quantitative estimate of drug-likeness (QED) is 0.0946. The predicted molar refractivity (Wildman–Crippen MR) is 149 cm³/mol. The highest BCUT2D eigenvalue weighted by atomic mass is 79.9. The lowest BCUT2D eigenvalue weighted by molar-refractivity contribution is 0.104. The van der Waals surface area contributed by atoms with E-state index < -0.39 is 6.08 Å². The molecule has 1 N–H and O–H groups in total. The number of hydrogen-bond donors (Lipinski definition) is 1. The maximum absolute atomic E-state index is 14.2. The zero-order chi connectivity index (χ0) is 27.2. The van der Waals surface area contributed by atoms with E-state index in [1.807, 2.05) is 44.2 Å². The Balaban J connectivity index is 0.00000164. The number of nitrogens with zero attached hydrogens (tertiary/aromatic N) is 4. The van der Waals surface area contributed by atoms with Gasteiger partial charge in [0.1, 0.15) is 19.0 Å². The van der Waals surface area contributed by atoms with E-state index >= 15 is 0 Å². The molecule has 2 aromatic heterocycles. The van der Waals surface area contributed by atoms with Crippen LogP contribution in [-0.2, 0) is 4.74 Å². The molecule has 0 spiro atoms. The van der Waals surface area contributed by atoms with Crippen LogP contribution in [0.25, 0.3) is 21.3 Å². The molecule has 1 aliphatic carbocycles. The van der Waals surface area contributed by atoms with Crippen LogP contribution in [0.5, 0.6) is 6.01 Å². The van der Waals surface area contributed by atoms with Crippen LogP contribution in [0.3, 0.4) is 0 Å². The first-order chi connectivity index (χ1) is 18.5. The van der Waals surface area contributed by atoms with Gasteiger partial charge in [0.2, 0.25) is 5.95 Å². The molecule has 2 heterocycles. The van der Waals surface area contributed by atoms with Crippen molar-refractivity contribution in [2.45, 2.75) is 13.8 Å². The fraction of sp³-hybridized carbons (Fsp3) is 0.148. The first-order valence-electron chi connectivity index (χ1n) is 11.3. The van der Waals surface area contributed by atoms with Gasteiger partial charge in [0.05, 0.1) is 21.6 Å². The van der Waals surface area contributed by atoms with Crippen LogP contribution in [0.1, 0.15) is 29.8 Å². The van der Waals surface area contributed by atoms with E-state index in [0.717, 1.165) is 20.3 Å². The summed E-state index contributed by atoms with van der Waals surface area (Å²) in [5, 5.41) is 3.79. The number of terminal acetylenes is 1. The summed E-state index contributed by atoms with van der Waals surface area (Å²) in [4.78, 5) is 25.0. The second-order valence-electron chi connectivity index (χ2n) is 7.61. The van der Waals surface area contributed by atoms with E-state index in [4.69, 9.17) is 9.47 Å². The van der Waals surface area contributed by atoms with Gasteiger partial charge in [-0.05, 0) is 55.7 Å². The van der Waals surface area contributed by atoms with Crippen molar-refractivity contribution in [3.63, 3.8) is 0 Å². The molecule has 0 amide bonds. The fourth-order valence-corrected chi connectivity index (χ4v) is 5.22. The average Bonchev–Trinajstić information content (AvgIpc) is 3.35. The van der Waals surface area contributed by atoms with E-state index in [0.29, 0.717) is 28.1 Å². The lowest BCUT2D eigenvalue weighted by Gasteiger charge is -2.20. The molecule has 5 rings (SSSR count). The second kappa shape index (κ2) is 11.9. The van der Waals surface area contributed by atoms with Crippen LogP contribution >= 0.6 is 27.5 Å². The Bertz CT molecular complexity index is 1600. The standard InChI is InChI=1S/C25H19BrFN5O3S.C2H2/c1-3-6-13(4-2)34-11-12-35-25-30-23(27)29-24(31-25)28-16-10-9-15(26)19-20(16)22(33)14-7-5-8-17-18(14)21(19)32-36-17;1-2/h3-10H,11-12H2,1-2H3,(H,28,29,30,31);1-2H/b6-3-,13-4+;. The van der Waals surface area contributed by atoms with Crippen LogP contribution in [0.15, 0.2) is 58.8 Å². The molecular formula is C27H21BrFN5O3S. The van der Waals surface area contributed by atoms with Gasteiger partial charge in [0.25, 0.3) is 0 Å². The van der Waals surface area contributed by atoms with Crippen LogP contribution in [0.2, 0.25) is 0 Å². The molecule has 4 aromatic rings. The monoisotopic (exact) mass is 593 g/mol. The maximum atomic E-state index is 14.2.